The van der Waals surface area contributed by atoms with Gasteiger partial charge in [0.15, 0.2) is 0 Å². The van der Waals surface area contributed by atoms with Crippen molar-refractivity contribution in [3.63, 3.8) is 0 Å². The van der Waals surface area contributed by atoms with E-state index in [4.69, 9.17) is 5.73 Å². The van der Waals surface area contributed by atoms with Crippen LogP contribution in [0, 0.1) is 0 Å². The fraction of sp³-hybridized carbons (Fsp3) is 0.467. The standard InChI is InChI=1S/C15H21N3O2/c1-18(10-14(19)17-12-7-8-12)15(20)13(9-16)11-5-3-2-4-6-11/h2-6,12-13H,7-10,16H2,1H3,(H,17,19). The predicted molar refractivity (Wildman–Crippen MR) is 77.0 cm³/mol. The third kappa shape index (κ3) is 3.81. The van der Waals surface area contributed by atoms with Gasteiger partial charge in [-0.1, -0.05) is 30.3 Å². The lowest BCUT2D eigenvalue weighted by Crippen LogP contribution is -2.42. The van der Waals surface area contributed by atoms with Crippen molar-refractivity contribution in [2.45, 2.75) is 24.8 Å². The van der Waals surface area contributed by atoms with Gasteiger partial charge < -0.3 is 16.0 Å². The van der Waals surface area contributed by atoms with Crippen LogP contribution in [0.25, 0.3) is 0 Å². The van der Waals surface area contributed by atoms with Gasteiger partial charge in [0.25, 0.3) is 0 Å². The van der Waals surface area contributed by atoms with Gasteiger partial charge in [-0.3, -0.25) is 9.59 Å². The third-order valence-corrected chi connectivity index (χ3v) is 3.44. The number of nitrogens with two attached hydrogens (primary N) is 1. The number of hydrogen-bond donors (Lipinski definition) is 2. The molecular formula is C15H21N3O2. The van der Waals surface area contributed by atoms with Crippen molar-refractivity contribution in [2.75, 3.05) is 20.1 Å². The highest BCUT2D eigenvalue weighted by molar-refractivity contribution is 5.88. The number of likely N-dealkylation sites (N-methyl/N-ethyl adjacent to an activating group) is 1. The predicted octanol–water partition coefficient (Wildman–Crippen LogP) is 0.466. The molecule has 1 atom stereocenters. The van der Waals surface area contributed by atoms with Crippen LogP contribution in [0.2, 0.25) is 0 Å². The van der Waals surface area contributed by atoms with E-state index in [-0.39, 0.29) is 24.9 Å². The maximum Gasteiger partial charge on any atom is 0.239 e. The third-order valence-electron chi connectivity index (χ3n) is 3.44. The van der Waals surface area contributed by atoms with Crippen LogP contribution in [0.1, 0.15) is 24.3 Å². The van der Waals surface area contributed by atoms with E-state index in [0.717, 1.165) is 18.4 Å². The van der Waals surface area contributed by atoms with E-state index in [2.05, 4.69) is 5.32 Å². The summed E-state index contributed by atoms with van der Waals surface area (Å²) in [6.45, 7) is 0.316. The van der Waals surface area contributed by atoms with E-state index in [9.17, 15) is 9.59 Å². The molecule has 20 heavy (non-hydrogen) atoms. The summed E-state index contributed by atoms with van der Waals surface area (Å²) in [7, 11) is 1.64. The molecule has 2 rings (SSSR count). The van der Waals surface area contributed by atoms with E-state index >= 15 is 0 Å². The molecule has 1 fully saturated rings. The first-order chi connectivity index (χ1) is 9.61. The molecule has 0 aromatic heterocycles. The molecule has 1 aromatic rings. The first kappa shape index (κ1) is 14.5. The molecule has 0 bridgehead atoms. The lowest BCUT2D eigenvalue weighted by molar-refractivity contribution is -0.135. The lowest BCUT2D eigenvalue weighted by atomic mass is 9.98. The second-order valence-corrected chi connectivity index (χ2v) is 5.24. The summed E-state index contributed by atoms with van der Waals surface area (Å²) in [6, 6.07) is 9.73. The van der Waals surface area contributed by atoms with Crippen LogP contribution in [0.5, 0.6) is 0 Å². The minimum atomic E-state index is -0.394. The van der Waals surface area contributed by atoms with Gasteiger partial charge in [-0.2, -0.15) is 0 Å². The molecular weight excluding hydrogens is 254 g/mol. The molecule has 0 radical (unpaired) electrons. The average molecular weight is 275 g/mol. The first-order valence-corrected chi connectivity index (χ1v) is 6.91. The first-order valence-electron chi connectivity index (χ1n) is 6.91. The summed E-state index contributed by atoms with van der Waals surface area (Å²) < 4.78 is 0. The van der Waals surface area contributed by atoms with Gasteiger partial charge in [0.1, 0.15) is 0 Å². The Kier molecular flexibility index (Phi) is 4.74. The van der Waals surface area contributed by atoms with Crippen LogP contribution in [0.4, 0.5) is 0 Å². The van der Waals surface area contributed by atoms with Crippen molar-refractivity contribution in [3.8, 4) is 0 Å². The van der Waals surface area contributed by atoms with E-state index in [1.165, 1.54) is 4.90 Å². The van der Waals surface area contributed by atoms with Crippen molar-refractivity contribution < 1.29 is 9.59 Å². The minimum absolute atomic E-state index is 0.0820. The quantitative estimate of drug-likeness (QED) is 0.792. The minimum Gasteiger partial charge on any atom is -0.352 e. The van der Waals surface area contributed by atoms with Gasteiger partial charge in [0.05, 0.1) is 12.5 Å². The largest absolute Gasteiger partial charge is 0.352 e. The second kappa shape index (κ2) is 6.52. The van der Waals surface area contributed by atoms with Gasteiger partial charge in [-0.05, 0) is 18.4 Å². The maximum absolute atomic E-state index is 12.4. The summed E-state index contributed by atoms with van der Waals surface area (Å²) in [6.07, 6.45) is 2.08. The summed E-state index contributed by atoms with van der Waals surface area (Å²) in [5, 5.41) is 2.87. The highest BCUT2D eigenvalue weighted by atomic mass is 16.2. The molecule has 1 unspecified atom stereocenters. The van der Waals surface area contributed by atoms with Gasteiger partial charge in [0.2, 0.25) is 11.8 Å². The van der Waals surface area contributed by atoms with Crippen molar-refractivity contribution in [3.05, 3.63) is 35.9 Å². The topological polar surface area (TPSA) is 75.4 Å². The highest BCUT2D eigenvalue weighted by Crippen LogP contribution is 2.19. The molecule has 5 heteroatoms. The molecule has 1 aromatic carbocycles. The Morgan fingerprint density at radius 1 is 1.35 bits per heavy atom. The number of nitrogens with zero attached hydrogens (tertiary/aromatic N) is 1. The van der Waals surface area contributed by atoms with Crippen LogP contribution in [0.3, 0.4) is 0 Å². The van der Waals surface area contributed by atoms with Gasteiger partial charge in [0, 0.05) is 19.6 Å². The van der Waals surface area contributed by atoms with E-state index in [1.807, 2.05) is 30.3 Å². The summed E-state index contributed by atoms with van der Waals surface area (Å²) in [4.78, 5) is 25.5. The van der Waals surface area contributed by atoms with Crippen molar-refractivity contribution in [1.82, 2.24) is 10.2 Å². The van der Waals surface area contributed by atoms with Crippen LogP contribution < -0.4 is 11.1 Å². The fourth-order valence-corrected chi connectivity index (χ4v) is 2.13. The Hall–Kier alpha value is -1.88. The lowest BCUT2D eigenvalue weighted by Gasteiger charge is -2.22. The molecule has 1 aliphatic carbocycles. The second-order valence-electron chi connectivity index (χ2n) is 5.24. The number of benzene rings is 1. The zero-order valence-electron chi connectivity index (χ0n) is 11.7. The molecule has 0 saturated heterocycles. The average Bonchev–Trinajstić information content (AvgIpc) is 3.24. The van der Waals surface area contributed by atoms with Crippen LogP contribution >= 0.6 is 0 Å². The van der Waals surface area contributed by atoms with E-state index in [0.29, 0.717) is 6.04 Å². The van der Waals surface area contributed by atoms with Crippen molar-refractivity contribution in [1.29, 1.82) is 0 Å². The Morgan fingerprint density at radius 3 is 2.55 bits per heavy atom. The van der Waals surface area contributed by atoms with E-state index < -0.39 is 5.92 Å². The highest BCUT2D eigenvalue weighted by Gasteiger charge is 2.26. The maximum atomic E-state index is 12.4. The normalized spacial score (nSPS) is 15.5. The number of nitrogens with one attached hydrogen (secondary N) is 1. The van der Waals surface area contributed by atoms with Gasteiger partial charge in [-0.15, -0.1) is 0 Å². The van der Waals surface area contributed by atoms with Crippen LogP contribution in [-0.2, 0) is 9.59 Å². The Balaban J connectivity index is 1.95. The molecule has 5 nitrogen and oxygen atoms in total. The molecule has 0 heterocycles. The zero-order chi connectivity index (χ0) is 14.5. The summed E-state index contributed by atoms with van der Waals surface area (Å²) in [5.41, 5.74) is 6.60. The Morgan fingerprint density at radius 2 is 2.00 bits per heavy atom. The van der Waals surface area contributed by atoms with Crippen molar-refractivity contribution >= 4 is 11.8 Å². The summed E-state index contributed by atoms with van der Waals surface area (Å²) >= 11 is 0. The number of rotatable bonds is 6. The van der Waals surface area contributed by atoms with Gasteiger partial charge >= 0.3 is 0 Å². The summed E-state index contributed by atoms with van der Waals surface area (Å²) in [5.74, 6) is -0.619. The van der Waals surface area contributed by atoms with E-state index in [1.54, 1.807) is 7.05 Å². The molecule has 108 valence electrons. The number of carbonyl (C=O) groups is 2. The SMILES string of the molecule is CN(CC(=O)NC1CC1)C(=O)C(CN)c1ccccc1. The monoisotopic (exact) mass is 275 g/mol. The van der Waals surface area contributed by atoms with Crippen LogP contribution in [0.15, 0.2) is 30.3 Å². The Labute approximate surface area is 119 Å². The number of amides is 2. The molecule has 3 N–H and O–H groups in total. The Bertz CT molecular complexity index is 471. The van der Waals surface area contributed by atoms with Crippen LogP contribution in [-0.4, -0.2) is 42.9 Å². The fourth-order valence-electron chi connectivity index (χ4n) is 2.13. The zero-order valence-corrected chi connectivity index (χ0v) is 11.7. The number of hydrogen-bond acceptors (Lipinski definition) is 3. The van der Waals surface area contributed by atoms with Gasteiger partial charge in [-0.25, -0.2) is 0 Å². The molecule has 2 amide bonds. The smallest absolute Gasteiger partial charge is 0.239 e. The molecule has 1 aliphatic rings. The van der Waals surface area contributed by atoms with Crippen molar-refractivity contribution in [2.24, 2.45) is 5.73 Å². The molecule has 0 spiro atoms. The number of carbonyl (C=O) groups excluding carboxylic acids is 2. The molecule has 1 saturated carbocycles. The molecule has 0 aliphatic heterocycles.